The molecule has 0 saturated carbocycles. The number of allylic oxidation sites excluding steroid dienone is 2. The van der Waals surface area contributed by atoms with Crippen molar-refractivity contribution in [1.29, 1.82) is 0 Å². The highest BCUT2D eigenvalue weighted by Gasteiger charge is 2.28. The van der Waals surface area contributed by atoms with Gasteiger partial charge in [0.15, 0.2) is 0 Å². The van der Waals surface area contributed by atoms with Gasteiger partial charge in [-0.25, -0.2) is 0 Å². The maximum Gasteiger partial charge on any atom is 0.135 e. The minimum absolute atomic E-state index is 0.282. The normalized spacial score (nSPS) is 14.8. The average molecular weight is 649 g/mol. The number of fused-ring (bicyclic) bond motifs is 3. The van der Waals surface area contributed by atoms with Gasteiger partial charge in [0.05, 0.1) is 0 Å². The molecule has 0 bridgehead atoms. The summed E-state index contributed by atoms with van der Waals surface area (Å²) in [6.45, 7) is 0. The Morgan fingerprint density at radius 3 is 1.84 bits per heavy atom. The number of rotatable bonds is 4. The quantitative estimate of drug-likeness (QED) is 0.173. The van der Waals surface area contributed by atoms with Gasteiger partial charge in [-0.1, -0.05) is 152 Å². The molecule has 0 fully saturated rings. The molecule has 1 unspecified atom stereocenters. The third-order valence-corrected chi connectivity index (χ3v) is 11.2. The van der Waals surface area contributed by atoms with Gasteiger partial charge in [0.1, 0.15) is 11.0 Å². The lowest BCUT2D eigenvalue weighted by Crippen LogP contribution is -2.20. The van der Waals surface area contributed by atoms with E-state index in [4.69, 9.17) is 4.42 Å². The van der Waals surface area contributed by atoms with Crippen LogP contribution >= 0.6 is 0 Å². The summed E-state index contributed by atoms with van der Waals surface area (Å²) in [4.78, 5) is 0. The molecule has 1 atom stereocenters. The van der Waals surface area contributed by atoms with Gasteiger partial charge in [0.2, 0.25) is 0 Å². The molecule has 51 heavy (non-hydrogen) atoms. The predicted molar refractivity (Wildman–Crippen MR) is 215 cm³/mol. The van der Waals surface area contributed by atoms with Crippen LogP contribution in [-0.4, -0.2) is 0 Å². The fourth-order valence-electron chi connectivity index (χ4n) is 8.88. The SMILES string of the molecule is C1=C(c2cccc(-c3c4ccccc4c(-c4ccc(-c5ccc6ccccc6c5)cc4)c4ccccc34)c2)C2CC=c3cccc4oc(c2c34)=C1. The maximum atomic E-state index is 6.33. The Morgan fingerprint density at radius 1 is 0.451 bits per heavy atom. The Balaban J connectivity index is 1.05. The highest BCUT2D eigenvalue weighted by atomic mass is 16.3. The third kappa shape index (κ3) is 4.35. The van der Waals surface area contributed by atoms with Crippen molar-refractivity contribution >= 4 is 61.0 Å². The first kappa shape index (κ1) is 28.4. The number of hydrogen-bond donors (Lipinski definition) is 0. The first-order valence-electron chi connectivity index (χ1n) is 17.9. The smallest absolute Gasteiger partial charge is 0.135 e. The number of furan rings is 1. The van der Waals surface area contributed by atoms with Crippen LogP contribution in [0.1, 0.15) is 23.5 Å². The van der Waals surface area contributed by atoms with Gasteiger partial charge in [-0.3, -0.25) is 0 Å². The third-order valence-electron chi connectivity index (χ3n) is 11.2. The highest BCUT2D eigenvalue weighted by Crippen LogP contribution is 2.46. The zero-order valence-electron chi connectivity index (χ0n) is 27.9. The first-order valence-corrected chi connectivity index (χ1v) is 17.9. The van der Waals surface area contributed by atoms with E-state index in [0.29, 0.717) is 0 Å². The fourth-order valence-corrected chi connectivity index (χ4v) is 8.88. The molecule has 1 aromatic heterocycles. The lowest BCUT2D eigenvalue weighted by molar-refractivity contribution is 0.569. The summed E-state index contributed by atoms with van der Waals surface area (Å²) in [7, 11) is 0. The first-order chi connectivity index (χ1) is 25.3. The summed E-state index contributed by atoms with van der Waals surface area (Å²) < 4.78 is 6.33. The van der Waals surface area contributed by atoms with E-state index in [2.05, 4.69) is 176 Å². The van der Waals surface area contributed by atoms with Crippen LogP contribution in [0, 0.1) is 0 Å². The van der Waals surface area contributed by atoms with Crippen LogP contribution in [0.5, 0.6) is 0 Å². The zero-order chi connectivity index (χ0) is 33.5. The molecule has 238 valence electrons. The van der Waals surface area contributed by atoms with Crippen molar-refractivity contribution in [2.75, 3.05) is 0 Å². The summed E-state index contributed by atoms with van der Waals surface area (Å²) in [5.74, 6) is 0.282. The summed E-state index contributed by atoms with van der Waals surface area (Å²) in [5.41, 5.74) is 13.5. The molecule has 0 N–H and O–H groups in total. The van der Waals surface area contributed by atoms with Crippen LogP contribution in [0.15, 0.2) is 168 Å². The fraction of sp³-hybridized carbons (Fsp3) is 0.0400. The molecule has 2 aliphatic carbocycles. The van der Waals surface area contributed by atoms with E-state index in [1.165, 1.54) is 93.0 Å². The van der Waals surface area contributed by atoms with Crippen LogP contribution in [0.2, 0.25) is 0 Å². The van der Waals surface area contributed by atoms with Crippen LogP contribution in [0.3, 0.4) is 0 Å². The van der Waals surface area contributed by atoms with Gasteiger partial charge in [-0.2, -0.15) is 0 Å². The number of benzene rings is 8. The molecule has 1 heterocycles. The van der Waals surface area contributed by atoms with Gasteiger partial charge < -0.3 is 4.42 Å². The molecule has 11 rings (SSSR count). The summed E-state index contributed by atoms with van der Waals surface area (Å²) in [6, 6.07) is 57.9. The van der Waals surface area contributed by atoms with Crippen molar-refractivity contribution in [1.82, 2.24) is 0 Å². The molecule has 8 aromatic carbocycles. The van der Waals surface area contributed by atoms with Crippen LogP contribution in [-0.2, 0) is 0 Å². The van der Waals surface area contributed by atoms with E-state index in [-0.39, 0.29) is 5.92 Å². The summed E-state index contributed by atoms with van der Waals surface area (Å²) in [5, 5.41) is 10.2. The standard InChI is InChI=1S/C50H32O/c1-2-10-35-29-36(24-21-31(35)9-1)32-19-22-34(23-20-32)47-40-14-3-5-16-42(40)48(43-17-6-4-15-41(43)47)38-13-7-12-37(30-38)39-27-28-46-50-44(39)26-25-33-11-8-18-45(51-46)49(33)50/h1-25,27-30,44H,26H2. The Labute approximate surface area is 295 Å². The molecule has 0 spiro atoms. The van der Waals surface area contributed by atoms with E-state index in [9.17, 15) is 0 Å². The van der Waals surface area contributed by atoms with Gasteiger partial charge in [0.25, 0.3) is 0 Å². The van der Waals surface area contributed by atoms with E-state index in [1.807, 2.05) is 0 Å². The Morgan fingerprint density at radius 2 is 1.08 bits per heavy atom. The van der Waals surface area contributed by atoms with Gasteiger partial charge in [-0.15, -0.1) is 0 Å². The predicted octanol–water partition coefficient (Wildman–Crippen LogP) is 12.0. The van der Waals surface area contributed by atoms with E-state index in [1.54, 1.807) is 0 Å². The summed E-state index contributed by atoms with van der Waals surface area (Å²) in [6.07, 6.45) is 7.82. The molecule has 9 aromatic rings. The number of hydrogen-bond acceptors (Lipinski definition) is 1. The minimum Gasteiger partial charge on any atom is -0.456 e. The molecule has 0 aliphatic heterocycles. The van der Waals surface area contributed by atoms with Crippen molar-refractivity contribution in [3.8, 4) is 33.4 Å². The second kappa shape index (κ2) is 11.0. The van der Waals surface area contributed by atoms with Crippen molar-refractivity contribution in [2.24, 2.45) is 0 Å². The second-order valence-corrected chi connectivity index (χ2v) is 13.9. The Bertz CT molecular complexity index is 2990. The topological polar surface area (TPSA) is 13.1 Å². The molecule has 2 aliphatic rings. The Hall–Kier alpha value is -6.44. The van der Waals surface area contributed by atoms with E-state index < -0.39 is 0 Å². The van der Waals surface area contributed by atoms with Crippen molar-refractivity contribution in [3.63, 3.8) is 0 Å². The minimum atomic E-state index is 0.282. The molecular formula is C50H32O. The lowest BCUT2D eigenvalue weighted by atomic mass is 9.78. The molecule has 1 heteroatoms. The molecule has 1 nitrogen and oxygen atoms in total. The molecule has 0 amide bonds. The summed E-state index contributed by atoms with van der Waals surface area (Å²) >= 11 is 0. The van der Waals surface area contributed by atoms with E-state index >= 15 is 0 Å². The highest BCUT2D eigenvalue weighted by molar-refractivity contribution is 6.21. The van der Waals surface area contributed by atoms with Crippen LogP contribution in [0.4, 0.5) is 0 Å². The van der Waals surface area contributed by atoms with Gasteiger partial charge in [-0.05, 0) is 113 Å². The lowest BCUT2D eigenvalue weighted by Gasteiger charge is -2.24. The van der Waals surface area contributed by atoms with Gasteiger partial charge in [0, 0.05) is 16.9 Å². The maximum absolute atomic E-state index is 6.33. The van der Waals surface area contributed by atoms with Crippen LogP contribution in [0.25, 0.3) is 94.4 Å². The largest absolute Gasteiger partial charge is 0.456 e. The zero-order valence-corrected chi connectivity index (χ0v) is 27.9. The van der Waals surface area contributed by atoms with Gasteiger partial charge >= 0.3 is 0 Å². The van der Waals surface area contributed by atoms with Crippen molar-refractivity contribution in [2.45, 2.75) is 12.3 Å². The molecular weight excluding hydrogens is 617 g/mol. The average Bonchev–Trinajstić information content (AvgIpc) is 3.59. The van der Waals surface area contributed by atoms with E-state index in [0.717, 1.165) is 17.4 Å². The second-order valence-electron chi connectivity index (χ2n) is 13.9. The monoisotopic (exact) mass is 648 g/mol. The van der Waals surface area contributed by atoms with Crippen molar-refractivity contribution < 1.29 is 4.42 Å². The Kier molecular flexibility index (Phi) is 6.15. The molecule has 0 saturated heterocycles. The van der Waals surface area contributed by atoms with Crippen molar-refractivity contribution in [3.05, 3.63) is 186 Å². The molecule has 0 radical (unpaired) electrons. The van der Waals surface area contributed by atoms with Crippen LogP contribution < -0.4 is 10.6 Å².